The van der Waals surface area contributed by atoms with Gasteiger partial charge in [0.25, 0.3) is 0 Å². The van der Waals surface area contributed by atoms with Gasteiger partial charge in [0.15, 0.2) is 0 Å². The van der Waals surface area contributed by atoms with Gasteiger partial charge in [-0.3, -0.25) is 0 Å². The molecule has 0 saturated carbocycles. The first kappa shape index (κ1) is 11.1. The normalized spacial score (nSPS) is 10.8. The number of nitrogens with one attached hydrogen (secondary N) is 2. The summed E-state index contributed by atoms with van der Waals surface area (Å²) in [6, 6.07) is 5.68. The largest absolute Gasteiger partial charge is 0.399 e. The van der Waals surface area contributed by atoms with Crippen LogP contribution in [0.1, 0.15) is 6.42 Å². The average molecular weight is 236 g/mol. The van der Waals surface area contributed by atoms with Gasteiger partial charge in [-0.05, 0) is 36.6 Å². The summed E-state index contributed by atoms with van der Waals surface area (Å²) < 4.78 is 0. The van der Waals surface area contributed by atoms with Gasteiger partial charge in [-0.2, -0.15) is 11.8 Å². The number of hydrogen-bond donors (Lipinski definition) is 3. The molecule has 1 aromatic heterocycles. The van der Waals surface area contributed by atoms with Crippen molar-refractivity contribution in [1.82, 2.24) is 9.97 Å². The molecule has 5 heteroatoms. The Morgan fingerprint density at radius 3 is 3.19 bits per heavy atom. The highest BCUT2D eigenvalue weighted by molar-refractivity contribution is 7.98. The fourth-order valence-corrected chi connectivity index (χ4v) is 1.97. The lowest BCUT2D eigenvalue weighted by molar-refractivity contribution is 0.976. The number of nitrogens with two attached hydrogens (primary N) is 1. The zero-order valence-corrected chi connectivity index (χ0v) is 10.1. The molecule has 16 heavy (non-hydrogen) atoms. The number of anilines is 2. The monoisotopic (exact) mass is 236 g/mol. The molecule has 4 nitrogen and oxygen atoms in total. The van der Waals surface area contributed by atoms with Crippen molar-refractivity contribution in [2.24, 2.45) is 0 Å². The Bertz CT molecular complexity index is 466. The van der Waals surface area contributed by atoms with Crippen molar-refractivity contribution in [3.8, 4) is 0 Å². The molecule has 0 bridgehead atoms. The summed E-state index contributed by atoms with van der Waals surface area (Å²) in [7, 11) is 0. The van der Waals surface area contributed by atoms with E-state index in [1.807, 2.05) is 30.0 Å². The van der Waals surface area contributed by atoms with E-state index in [4.69, 9.17) is 5.73 Å². The highest BCUT2D eigenvalue weighted by Gasteiger charge is 2.01. The van der Waals surface area contributed by atoms with Crippen molar-refractivity contribution >= 4 is 34.4 Å². The maximum Gasteiger partial charge on any atom is 0.201 e. The number of thioether (sulfide) groups is 1. The van der Waals surface area contributed by atoms with Gasteiger partial charge in [0.05, 0.1) is 11.0 Å². The first-order chi connectivity index (χ1) is 7.79. The Labute approximate surface area is 99.0 Å². The molecule has 0 atom stereocenters. The Morgan fingerprint density at radius 1 is 1.50 bits per heavy atom. The van der Waals surface area contributed by atoms with Crippen LogP contribution in [-0.2, 0) is 0 Å². The predicted molar refractivity (Wildman–Crippen MR) is 72.0 cm³/mol. The van der Waals surface area contributed by atoms with Gasteiger partial charge in [-0.25, -0.2) is 4.98 Å². The van der Waals surface area contributed by atoms with Crippen molar-refractivity contribution in [2.75, 3.05) is 29.6 Å². The molecule has 0 spiro atoms. The third kappa shape index (κ3) is 2.61. The molecule has 1 heterocycles. The minimum atomic E-state index is 0.755. The van der Waals surface area contributed by atoms with Crippen LogP contribution in [0.15, 0.2) is 18.2 Å². The molecule has 0 aliphatic heterocycles. The number of nitrogens with zero attached hydrogens (tertiary/aromatic N) is 1. The quantitative estimate of drug-likeness (QED) is 0.550. The lowest BCUT2D eigenvalue weighted by Crippen LogP contribution is -2.03. The third-order valence-corrected chi connectivity index (χ3v) is 3.02. The zero-order valence-electron chi connectivity index (χ0n) is 9.29. The van der Waals surface area contributed by atoms with Gasteiger partial charge in [-0.15, -0.1) is 0 Å². The maximum absolute atomic E-state index is 5.70. The second-order valence-corrected chi connectivity index (χ2v) is 4.62. The molecule has 0 unspecified atom stereocenters. The molecule has 2 aromatic rings. The van der Waals surface area contributed by atoms with Crippen LogP contribution in [0.4, 0.5) is 11.6 Å². The van der Waals surface area contributed by atoms with E-state index >= 15 is 0 Å². The van der Waals surface area contributed by atoms with E-state index in [0.717, 1.165) is 35.6 Å². The first-order valence-electron chi connectivity index (χ1n) is 5.27. The number of aromatic nitrogens is 2. The second-order valence-electron chi connectivity index (χ2n) is 3.64. The van der Waals surface area contributed by atoms with Gasteiger partial charge >= 0.3 is 0 Å². The summed E-state index contributed by atoms with van der Waals surface area (Å²) in [5.41, 5.74) is 8.38. The summed E-state index contributed by atoms with van der Waals surface area (Å²) >= 11 is 1.86. The summed E-state index contributed by atoms with van der Waals surface area (Å²) in [6.07, 6.45) is 3.25. The van der Waals surface area contributed by atoms with E-state index in [0.29, 0.717) is 0 Å². The van der Waals surface area contributed by atoms with Crippen LogP contribution < -0.4 is 11.1 Å². The molecule has 1 aromatic carbocycles. The Kier molecular flexibility index (Phi) is 3.56. The lowest BCUT2D eigenvalue weighted by atomic mass is 10.3. The van der Waals surface area contributed by atoms with E-state index in [1.54, 1.807) is 0 Å². The standard InChI is InChI=1S/C11H16N4S/c1-16-6-2-5-13-11-14-9-4-3-8(12)7-10(9)15-11/h3-4,7H,2,5-6,12H2,1H3,(H2,13,14,15). The van der Waals surface area contributed by atoms with Gasteiger partial charge in [0, 0.05) is 12.2 Å². The Morgan fingerprint density at radius 2 is 2.38 bits per heavy atom. The fraction of sp³-hybridized carbons (Fsp3) is 0.364. The lowest BCUT2D eigenvalue weighted by Gasteiger charge is -2.00. The topological polar surface area (TPSA) is 66.7 Å². The van der Waals surface area contributed by atoms with E-state index in [9.17, 15) is 0 Å². The first-order valence-corrected chi connectivity index (χ1v) is 6.67. The van der Waals surface area contributed by atoms with Gasteiger partial charge in [-0.1, -0.05) is 0 Å². The summed E-state index contributed by atoms with van der Waals surface area (Å²) in [5, 5.41) is 3.27. The van der Waals surface area contributed by atoms with Crippen LogP contribution >= 0.6 is 11.8 Å². The van der Waals surface area contributed by atoms with Crippen molar-refractivity contribution in [1.29, 1.82) is 0 Å². The van der Waals surface area contributed by atoms with Crippen LogP contribution in [0.5, 0.6) is 0 Å². The minimum absolute atomic E-state index is 0.755. The molecule has 0 radical (unpaired) electrons. The average Bonchev–Trinajstić information content (AvgIpc) is 2.66. The van der Waals surface area contributed by atoms with Crippen LogP contribution in [0.3, 0.4) is 0 Å². The molecular weight excluding hydrogens is 220 g/mol. The van der Waals surface area contributed by atoms with Crippen LogP contribution in [0, 0.1) is 0 Å². The van der Waals surface area contributed by atoms with E-state index < -0.39 is 0 Å². The van der Waals surface area contributed by atoms with Gasteiger partial charge in [0.1, 0.15) is 0 Å². The Hall–Kier alpha value is -1.36. The molecule has 0 amide bonds. The molecule has 0 fully saturated rings. The van der Waals surface area contributed by atoms with Crippen LogP contribution in [0.25, 0.3) is 11.0 Å². The molecular formula is C11H16N4S. The van der Waals surface area contributed by atoms with E-state index in [2.05, 4.69) is 21.5 Å². The molecule has 4 N–H and O–H groups in total. The predicted octanol–water partition coefficient (Wildman–Crippen LogP) is 2.31. The van der Waals surface area contributed by atoms with Crippen molar-refractivity contribution in [3.63, 3.8) is 0 Å². The van der Waals surface area contributed by atoms with Crippen molar-refractivity contribution in [2.45, 2.75) is 6.42 Å². The number of H-pyrrole nitrogens is 1. The molecule has 0 saturated heterocycles. The number of benzene rings is 1. The third-order valence-electron chi connectivity index (χ3n) is 2.32. The smallest absolute Gasteiger partial charge is 0.201 e. The number of fused-ring (bicyclic) bond motifs is 1. The number of rotatable bonds is 5. The van der Waals surface area contributed by atoms with Crippen molar-refractivity contribution in [3.05, 3.63) is 18.2 Å². The molecule has 0 aliphatic carbocycles. The Balaban J connectivity index is 2.02. The van der Waals surface area contributed by atoms with Crippen LogP contribution in [-0.4, -0.2) is 28.5 Å². The van der Waals surface area contributed by atoms with Gasteiger partial charge < -0.3 is 16.0 Å². The maximum atomic E-state index is 5.70. The van der Waals surface area contributed by atoms with Crippen LogP contribution in [0.2, 0.25) is 0 Å². The van der Waals surface area contributed by atoms with E-state index in [-0.39, 0.29) is 0 Å². The summed E-state index contributed by atoms with van der Waals surface area (Å²) in [4.78, 5) is 7.63. The molecule has 2 rings (SSSR count). The van der Waals surface area contributed by atoms with Gasteiger partial charge in [0.2, 0.25) is 5.95 Å². The highest BCUT2D eigenvalue weighted by atomic mass is 32.2. The molecule has 86 valence electrons. The summed E-state index contributed by atoms with van der Waals surface area (Å²) in [6.45, 7) is 0.941. The fourth-order valence-electron chi connectivity index (χ4n) is 1.53. The zero-order chi connectivity index (χ0) is 11.4. The number of nitrogen functional groups attached to an aromatic ring is 1. The minimum Gasteiger partial charge on any atom is -0.399 e. The number of imidazole rings is 1. The molecule has 0 aliphatic rings. The van der Waals surface area contributed by atoms with Crippen molar-refractivity contribution < 1.29 is 0 Å². The second kappa shape index (κ2) is 5.12. The number of aromatic amines is 1. The number of hydrogen-bond acceptors (Lipinski definition) is 4. The van der Waals surface area contributed by atoms with E-state index in [1.165, 1.54) is 5.75 Å². The highest BCUT2D eigenvalue weighted by Crippen LogP contribution is 2.16. The summed E-state index contributed by atoms with van der Waals surface area (Å²) in [5.74, 6) is 1.99. The SMILES string of the molecule is CSCCCNc1nc2ccc(N)cc2[nH]1.